The van der Waals surface area contributed by atoms with Crippen LogP contribution in [-0.2, 0) is 3.10 Å². The van der Waals surface area contributed by atoms with Gasteiger partial charge >= 0.3 is 97.6 Å². The van der Waals surface area contributed by atoms with Gasteiger partial charge in [-0.15, -0.1) is 0 Å². The molecule has 1 saturated heterocycles. The zero-order valence-corrected chi connectivity index (χ0v) is 13.1. The average Bonchev–Trinajstić information content (AvgIpc) is 2.50. The van der Waals surface area contributed by atoms with Crippen molar-refractivity contribution in [2.45, 2.75) is 48.7 Å². The van der Waals surface area contributed by atoms with Crippen LogP contribution in [0, 0.1) is 16.7 Å². The molecule has 1 nitrogen and oxygen atoms in total. The summed E-state index contributed by atoms with van der Waals surface area (Å²) in [4.78, 5) is 2.37. The van der Waals surface area contributed by atoms with Gasteiger partial charge in [-0.3, -0.25) is 0 Å². The van der Waals surface area contributed by atoms with Crippen LogP contribution in [0.3, 0.4) is 0 Å². The molecule has 3 fully saturated rings. The third kappa shape index (κ3) is 1.06. The van der Waals surface area contributed by atoms with Gasteiger partial charge in [-0.25, -0.2) is 0 Å². The van der Waals surface area contributed by atoms with Crippen molar-refractivity contribution in [2.24, 2.45) is 16.7 Å². The molecule has 2 bridgehead atoms. The van der Waals surface area contributed by atoms with Gasteiger partial charge in [0.05, 0.1) is 0 Å². The van der Waals surface area contributed by atoms with Crippen LogP contribution in [0.5, 0.6) is 0 Å². The zero-order chi connectivity index (χ0) is 10.2. The first-order valence-electron chi connectivity index (χ1n) is 5.51. The summed E-state index contributed by atoms with van der Waals surface area (Å²) in [5, 5.41) is 0. The van der Waals surface area contributed by atoms with Gasteiger partial charge in [-0.05, 0) is 0 Å². The molecule has 3 heteroatoms. The Hall–Kier alpha value is 1.23. The second-order valence-corrected chi connectivity index (χ2v) is 21.7. The first-order valence-corrected chi connectivity index (χ1v) is 15.7. The molecule has 82 valence electrons. The number of hydrogen-bond donors (Lipinski definition) is 0. The molecule has 1 heterocycles. The van der Waals surface area contributed by atoms with Crippen LogP contribution in [0.2, 0.25) is 9.44 Å². The third-order valence-electron chi connectivity index (χ3n) is 5.19. The summed E-state index contributed by atoms with van der Waals surface area (Å²) < 4.78 is 7.73. The maximum absolute atomic E-state index is 6.34. The molecule has 14 heavy (non-hydrogen) atoms. The molecule has 1 aliphatic heterocycles. The van der Waals surface area contributed by atoms with E-state index in [2.05, 4.69) is 31.6 Å². The molecule has 1 spiro atoms. The second-order valence-electron chi connectivity index (χ2n) is 5.98. The Morgan fingerprint density at radius 1 is 1.43 bits per heavy atom. The molecule has 0 N–H and O–H groups in total. The summed E-state index contributed by atoms with van der Waals surface area (Å²) >= 11 is 1.91. The van der Waals surface area contributed by atoms with Crippen LogP contribution in [-0.4, -0.2) is 22.5 Å². The monoisotopic (exact) mass is 376 g/mol. The summed E-state index contributed by atoms with van der Waals surface area (Å²) in [6.45, 7) is 4.98. The molecule has 0 radical (unpaired) electrons. The number of rotatable bonds is 0. The number of fused-ring (bicyclic) bond motifs is 1. The van der Waals surface area contributed by atoms with Crippen molar-refractivity contribution < 1.29 is 3.10 Å². The van der Waals surface area contributed by atoms with Crippen molar-refractivity contribution in [1.82, 2.24) is 0 Å². The van der Waals surface area contributed by atoms with E-state index in [-0.39, 0.29) is 0 Å². The van der Waals surface area contributed by atoms with E-state index >= 15 is 0 Å². The Labute approximate surface area is 97.1 Å². The van der Waals surface area contributed by atoms with Crippen LogP contribution in [0.25, 0.3) is 0 Å². The van der Waals surface area contributed by atoms with Crippen LogP contribution in [0.15, 0.2) is 0 Å². The summed E-state index contributed by atoms with van der Waals surface area (Å²) in [6.07, 6.45) is 4.85. The Bertz CT molecular complexity index is 289. The fourth-order valence-corrected chi connectivity index (χ4v) is 15.1. The van der Waals surface area contributed by atoms with Gasteiger partial charge in [0.25, 0.3) is 0 Å². The first-order chi connectivity index (χ1) is 6.37. The van der Waals surface area contributed by atoms with Crippen LogP contribution in [0.1, 0.15) is 33.1 Å². The molecular weight excluding hydrogens is 356 g/mol. The van der Waals surface area contributed by atoms with Gasteiger partial charge in [-0.2, -0.15) is 0 Å². The van der Waals surface area contributed by atoms with Crippen LogP contribution in [0.4, 0.5) is 0 Å². The maximum atomic E-state index is 6.34. The van der Waals surface area contributed by atoms with Crippen molar-refractivity contribution in [2.75, 3.05) is 0 Å². The van der Waals surface area contributed by atoms with E-state index in [9.17, 15) is 0 Å². The van der Waals surface area contributed by atoms with E-state index in [0.717, 1.165) is 5.92 Å². The molecule has 0 aromatic heterocycles. The summed E-state index contributed by atoms with van der Waals surface area (Å²) in [7, 11) is 0. The Morgan fingerprint density at radius 3 is 2.71 bits per heavy atom. The predicted octanol–water partition coefficient (Wildman–Crippen LogP) is 3.68. The van der Waals surface area contributed by atoms with E-state index in [4.69, 9.17) is 3.10 Å². The molecule has 0 aromatic carbocycles. The van der Waals surface area contributed by atoms with Crippen molar-refractivity contribution >= 4 is 29.1 Å². The molecule has 2 unspecified atom stereocenters. The topological polar surface area (TPSA) is 9.23 Å². The minimum atomic E-state index is -2.00. The molecule has 0 aromatic rings. The number of halogens is 1. The average molecular weight is 375 g/mol. The SMILES string of the molecule is CC1(C)C2CCC13C[Te@](C)(Br)O[C@@H]3C2. The van der Waals surface area contributed by atoms with Crippen LogP contribution >= 0.6 is 12.8 Å². The molecule has 2 aliphatic carbocycles. The molecule has 4 atom stereocenters. The Balaban J connectivity index is 2.04. The Kier molecular flexibility index (Phi) is 2.02. The van der Waals surface area contributed by atoms with Gasteiger partial charge in [0, 0.05) is 0 Å². The van der Waals surface area contributed by atoms with Gasteiger partial charge in [0.15, 0.2) is 0 Å². The van der Waals surface area contributed by atoms with Crippen molar-refractivity contribution in [3.05, 3.63) is 0 Å². The molecule has 2 saturated carbocycles. The summed E-state index contributed by atoms with van der Waals surface area (Å²) in [5.74, 6) is 0.943. The number of hydrogen-bond acceptors (Lipinski definition) is 1. The second kappa shape index (κ2) is 2.73. The minimum absolute atomic E-state index is 0.551. The quantitative estimate of drug-likeness (QED) is 0.588. The van der Waals surface area contributed by atoms with Crippen molar-refractivity contribution in [3.8, 4) is 0 Å². The van der Waals surface area contributed by atoms with Gasteiger partial charge in [0.1, 0.15) is 0 Å². The predicted molar refractivity (Wildman–Crippen MR) is 63.8 cm³/mol. The van der Waals surface area contributed by atoms with Gasteiger partial charge < -0.3 is 0 Å². The van der Waals surface area contributed by atoms with Gasteiger partial charge in [-0.1, -0.05) is 0 Å². The first kappa shape index (κ1) is 10.4. The van der Waals surface area contributed by atoms with E-state index in [0.29, 0.717) is 16.9 Å². The van der Waals surface area contributed by atoms with E-state index in [1.54, 1.807) is 0 Å². The standard InChI is InChI=1S/C11H19BrOTe/c1-10(2)8-4-5-11(10)7-14(3,12)13-9(11)6-8/h8-9H,4-7H2,1-3H3/t8?,9-,11?/m1/s1. The van der Waals surface area contributed by atoms with Crippen LogP contribution < -0.4 is 0 Å². The van der Waals surface area contributed by atoms with E-state index in [1.165, 1.54) is 23.7 Å². The van der Waals surface area contributed by atoms with E-state index in [1.807, 2.05) is 0 Å². The van der Waals surface area contributed by atoms with E-state index < -0.39 is 16.4 Å². The Morgan fingerprint density at radius 2 is 2.14 bits per heavy atom. The fourth-order valence-electron chi connectivity index (χ4n) is 4.21. The molecule has 3 aliphatic rings. The normalized spacial score (nSPS) is 59.1. The van der Waals surface area contributed by atoms with Gasteiger partial charge in [0.2, 0.25) is 0 Å². The summed E-state index contributed by atoms with van der Waals surface area (Å²) in [6, 6.07) is 0. The molecule has 0 amide bonds. The summed E-state index contributed by atoms with van der Waals surface area (Å²) in [5.41, 5.74) is 1.12. The molecular formula is C11H19BrOTe. The zero-order valence-electron chi connectivity index (χ0n) is 9.18. The third-order valence-corrected chi connectivity index (χ3v) is 12.5. The van der Waals surface area contributed by atoms with Crippen molar-refractivity contribution in [1.29, 1.82) is 0 Å². The molecule has 3 rings (SSSR count). The van der Waals surface area contributed by atoms with Crippen molar-refractivity contribution in [3.63, 3.8) is 0 Å². The fraction of sp³-hybridized carbons (Fsp3) is 1.00.